The van der Waals surface area contributed by atoms with Gasteiger partial charge in [0.2, 0.25) is 6.29 Å². The van der Waals surface area contributed by atoms with Gasteiger partial charge in [0.1, 0.15) is 36.1 Å². The van der Waals surface area contributed by atoms with Crippen LogP contribution in [0.4, 0.5) is 0 Å². The van der Waals surface area contributed by atoms with Crippen molar-refractivity contribution >= 4 is 70.2 Å². The lowest BCUT2D eigenvalue weighted by Crippen LogP contribution is -2.68. The van der Waals surface area contributed by atoms with E-state index in [9.17, 15) is 19.2 Å². The molecule has 1 fully saturated rings. The molecular weight excluding hydrogens is 688 g/mol. The maximum Gasteiger partial charge on any atom is 0.338 e. The lowest BCUT2D eigenvalue weighted by Gasteiger charge is -2.45. The van der Waals surface area contributed by atoms with Gasteiger partial charge in [-0.25, -0.2) is 9.59 Å². The van der Waals surface area contributed by atoms with Crippen LogP contribution in [0.2, 0.25) is 0 Å². The average molecular weight is 715 g/mol. The summed E-state index contributed by atoms with van der Waals surface area (Å²) < 4.78 is 31.9. The smallest absolute Gasteiger partial charge is 0.338 e. The Morgan fingerprint density at radius 1 is 0.783 bits per heavy atom. The molecule has 15 heteroatoms. The molecule has 3 aromatic rings. The number of nitrogens with one attached hydrogen (secondary N) is 1. The van der Waals surface area contributed by atoms with Gasteiger partial charge in [-0.1, -0.05) is 71.2 Å². The molecule has 0 aromatic heterocycles. The van der Waals surface area contributed by atoms with E-state index in [1.54, 1.807) is 60.7 Å². The summed E-state index contributed by atoms with van der Waals surface area (Å²) in [5, 5.41) is 2.47. The molecule has 0 radical (unpaired) electrons. The van der Waals surface area contributed by atoms with Crippen molar-refractivity contribution in [3.8, 4) is 11.5 Å². The Labute approximate surface area is 283 Å². The zero-order valence-corrected chi connectivity index (χ0v) is 27.0. The molecule has 0 aliphatic carbocycles. The summed E-state index contributed by atoms with van der Waals surface area (Å²) in [5.74, 6) is -3.50. The van der Waals surface area contributed by atoms with E-state index in [0.717, 1.165) is 0 Å². The minimum Gasteiger partial charge on any atom is -0.497 e. The van der Waals surface area contributed by atoms with Crippen LogP contribution in [0.15, 0.2) is 84.9 Å². The molecule has 1 amide bonds. The summed E-state index contributed by atoms with van der Waals surface area (Å²) in [6.45, 7) is -0.513. The van der Waals surface area contributed by atoms with Crippen LogP contribution >= 0.6 is 46.4 Å². The number of alkyl halides is 4. The molecule has 46 heavy (non-hydrogen) atoms. The number of esters is 3. The molecule has 0 bridgehead atoms. The largest absolute Gasteiger partial charge is 0.497 e. The first-order chi connectivity index (χ1) is 22.0. The van der Waals surface area contributed by atoms with Crippen molar-refractivity contribution < 1.29 is 47.6 Å². The molecule has 0 unspecified atom stereocenters. The number of halogens is 4. The van der Waals surface area contributed by atoms with Crippen molar-refractivity contribution in [3.63, 3.8) is 0 Å². The molecule has 1 aliphatic rings. The number of amides is 1. The summed E-state index contributed by atoms with van der Waals surface area (Å²) >= 11 is 23.3. The van der Waals surface area contributed by atoms with Crippen molar-refractivity contribution in [2.24, 2.45) is 0 Å². The highest BCUT2D eigenvalue weighted by Gasteiger charge is 2.53. The predicted octanol–water partition coefficient (Wildman–Crippen LogP) is 4.89. The number of rotatable bonds is 11. The third-order valence-corrected chi connectivity index (χ3v) is 7.26. The third-order valence-electron chi connectivity index (χ3n) is 6.53. The zero-order valence-electron chi connectivity index (χ0n) is 24.0. The summed E-state index contributed by atoms with van der Waals surface area (Å²) in [6, 6.07) is 20.8. The summed E-state index contributed by atoms with van der Waals surface area (Å²) in [6.07, 6.45) is -5.89. The van der Waals surface area contributed by atoms with Crippen molar-refractivity contribution in [1.82, 2.24) is 5.32 Å². The quantitative estimate of drug-likeness (QED) is 0.166. The first-order valence-corrected chi connectivity index (χ1v) is 15.2. The number of carbonyl (C=O) groups excluding carboxylic acids is 4. The van der Waals surface area contributed by atoms with Gasteiger partial charge in [-0.3, -0.25) is 9.59 Å². The molecule has 0 saturated carbocycles. The number of methoxy groups -OCH3 is 1. The lowest BCUT2D eigenvalue weighted by atomic mass is 9.95. The molecule has 1 aliphatic heterocycles. The number of hydrogen-bond acceptors (Lipinski definition) is 10. The van der Waals surface area contributed by atoms with Gasteiger partial charge >= 0.3 is 17.9 Å². The van der Waals surface area contributed by atoms with Crippen molar-refractivity contribution in [3.05, 3.63) is 96.1 Å². The fraction of sp³-hybridized carbons (Fsp3) is 0.290. The van der Waals surface area contributed by atoms with E-state index in [1.807, 2.05) is 0 Å². The van der Waals surface area contributed by atoms with Crippen LogP contribution in [0.1, 0.15) is 20.7 Å². The Kier molecular flexibility index (Phi) is 12.4. The van der Waals surface area contributed by atoms with E-state index in [-0.39, 0.29) is 16.9 Å². The maximum atomic E-state index is 13.4. The topological polar surface area (TPSA) is 136 Å². The van der Waals surface area contributed by atoms with Gasteiger partial charge in [-0.05, 0) is 48.5 Å². The molecule has 1 N–H and O–H groups in total. The van der Waals surface area contributed by atoms with Crippen molar-refractivity contribution in [1.29, 1.82) is 0 Å². The van der Waals surface area contributed by atoms with Crippen LogP contribution in [0.5, 0.6) is 11.5 Å². The Hall–Kier alpha value is -3.74. The van der Waals surface area contributed by atoms with Gasteiger partial charge in [0, 0.05) is 0 Å². The highest BCUT2D eigenvalue weighted by atomic mass is 35.6. The molecule has 11 nitrogen and oxygen atoms in total. The fourth-order valence-electron chi connectivity index (χ4n) is 4.36. The molecule has 5 atom stereocenters. The van der Waals surface area contributed by atoms with Crippen LogP contribution in [0.3, 0.4) is 0 Å². The number of benzene rings is 3. The van der Waals surface area contributed by atoms with Gasteiger partial charge in [0.25, 0.3) is 9.70 Å². The van der Waals surface area contributed by atoms with Crippen LogP contribution in [-0.2, 0) is 28.5 Å². The SMILES string of the molecule is COc1ccc(O[C@@H]2O[C@H](COC(=O)c3ccccc3)[C@H](OC(=O)CCl)[C@H](OC(=O)c3ccccc3)[C@H]2NC(=O)C(Cl)(Cl)Cl)cc1. The van der Waals surface area contributed by atoms with E-state index in [4.69, 9.17) is 74.8 Å². The van der Waals surface area contributed by atoms with Gasteiger partial charge in [0.05, 0.1) is 18.2 Å². The first kappa shape index (κ1) is 35.1. The minimum absolute atomic E-state index is 0.127. The average Bonchev–Trinajstić information content (AvgIpc) is 3.06. The molecule has 1 heterocycles. The summed E-state index contributed by atoms with van der Waals surface area (Å²) in [7, 11) is 1.48. The molecular formula is C31H27Cl4NO10. The molecule has 1 saturated heterocycles. The Balaban J connectivity index is 1.76. The third kappa shape index (κ3) is 9.40. The number of carbonyl (C=O) groups is 4. The maximum absolute atomic E-state index is 13.4. The molecule has 0 spiro atoms. The summed E-state index contributed by atoms with van der Waals surface area (Å²) in [4.78, 5) is 51.7. The van der Waals surface area contributed by atoms with Crippen LogP contribution in [0.25, 0.3) is 0 Å². The van der Waals surface area contributed by atoms with Gasteiger partial charge < -0.3 is 33.7 Å². The monoisotopic (exact) mass is 713 g/mol. The predicted molar refractivity (Wildman–Crippen MR) is 167 cm³/mol. The van der Waals surface area contributed by atoms with E-state index < -0.39 is 70.7 Å². The van der Waals surface area contributed by atoms with E-state index in [0.29, 0.717) is 5.75 Å². The summed E-state index contributed by atoms with van der Waals surface area (Å²) in [5.41, 5.74) is 0.362. The van der Waals surface area contributed by atoms with Gasteiger partial charge in [-0.15, -0.1) is 11.6 Å². The van der Waals surface area contributed by atoms with Crippen molar-refractivity contribution in [2.75, 3.05) is 19.6 Å². The number of hydrogen-bond donors (Lipinski definition) is 1. The Bertz CT molecular complexity index is 1490. The Morgan fingerprint density at radius 3 is 1.89 bits per heavy atom. The molecule has 4 rings (SSSR count). The second kappa shape index (κ2) is 16.2. The lowest BCUT2D eigenvalue weighted by molar-refractivity contribution is -0.250. The second-order valence-corrected chi connectivity index (χ2v) is 12.2. The van der Waals surface area contributed by atoms with E-state index in [2.05, 4.69) is 5.32 Å². The van der Waals surface area contributed by atoms with Crippen molar-refractivity contribution in [2.45, 2.75) is 34.4 Å². The zero-order chi connectivity index (χ0) is 33.3. The number of ether oxygens (including phenoxy) is 6. The fourth-order valence-corrected chi connectivity index (χ4v) is 4.59. The van der Waals surface area contributed by atoms with E-state index in [1.165, 1.54) is 31.4 Å². The Morgan fingerprint density at radius 2 is 1.35 bits per heavy atom. The normalized spacial score (nSPS) is 20.9. The second-order valence-electron chi connectivity index (χ2n) is 9.62. The van der Waals surface area contributed by atoms with Gasteiger partial charge in [0.15, 0.2) is 12.2 Å². The first-order valence-electron chi connectivity index (χ1n) is 13.6. The van der Waals surface area contributed by atoms with Gasteiger partial charge in [-0.2, -0.15) is 0 Å². The van der Waals surface area contributed by atoms with Crippen LogP contribution in [0, 0.1) is 0 Å². The van der Waals surface area contributed by atoms with E-state index >= 15 is 0 Å². The minimum atomic E-state index is -2.47. The molecule has 3 aromatic carbocycles. The molecule has 244 valence electrons. The van der Waals surface area contributed by atoms with Crippen LogP contribution in [-0.4, -0.2) is 77.8 Å². The van der Waals surface area contributed by atoms with Crippen LogP contribution < -0.4 is 14.8 Å². The highest BCUT2D eigenvalue weighted by Crippen LogP contribution is 2.32. The standard InChI is InChI=1S/C31H27Cl4NO10/c1-41-20-12-14-21(15-13-20)43-29-24(36-30(40)31(33,34)35)26(46-28(39)19-10-6-3-7-11-19)25(45-23(37)16-32)22(44-29)17-42-27(38)18-8-4-2-5-9-18/h2-15,22,24-26,29H,16-17H2,1H3,(H,36,40)/t22-,24-,25+,26-,29-/m1/s1. The highest BCUT2D eigenvalue weighted by molar-refractivity contribution is 6.76.